The molecule has 0 amide bonds. The Morgan fingerprint density at radius 3 is 2.28 bits per heavy atom. The molecule has 1 N–H and O–H groups in total. The van der Waals surface area contributed by atoms with Gasteiger partial charge in [-0.25, -0.2) is 8.42 Å². The average molecular weight is 347 g/mol. The second-order valence-electron chi connectivity index (χ2n) is 5.86. The van der Waals surface area contributed by atoms with E-state index in [1.807, 2.05) is 6.07 Å². The number of phenolic OH excluding ortho intramolecular Hbond substituents is 1. The molecule has 1 aliphatic carbocycles. The van der Waals surface area contributed by atoms with Gasteiger partial charge in [0.1, 0.15) is 17.1 Å². The summed E-state index contributed by atoms with van der Waals surface area (Å²) in [4.78, 5) is 0.228. The first-order valence-electron chi connectivity index (χ1n) is 7.70. The van der Waals surface area contributed by atoms with Gasteiger partial charge in [-0.05, 0) is 34.9 Å². The molecule has 122 valence electrons. The number of nitrogens with zero attached hydrogens (tertiary/aromatic N) is 1. The van der Waals surface area contributed by atoms with Crippen molar-refractivity contribution in [2.24, 2.45) is 0 Å². The largest absolute Gasteiger partial charge is 0.506 e. The van der Waals surface area contributed by atoms with E-state index in [-0.39, 0.29) is 16.2 Å². The van der Waals surface area contributed by atoms with Crippen LogP contribution in [0.3, 0.4) is 0 Å². The molecule has 5 heteroatoms. The number of rotatable bonds is 2. The molecule has 0 spiro atoms. The maximum absolute atomic E-state index is 13.3. The molecule has 1 unspecified atom stereocenters. The predicted molar refractivity (Wildman–Crippen MR) is 93.7 cm³/mol. The summed E-state index contributed by atoms with van der Waals surface area (Å²) in [6.07, 6.45) is 0. The van der Waals surface area contributed by atoms with E-state index in [2.05, 4.69) is 0 Å². The average Bonchev–Trinajstić information content (AvgIpc) is 2.98. The Kier molecular flexibility index (Phi) is 3.38. The lowest BCUT2D eigenvalue weighted by molar-refractivity contribution is 0.475. The minimum absolute atomic E-state index is 0.131. The van der Waals surface area contributed by atoms with Gasteiger partial charge < -0.3 is 5.11 Å². The van der Waals surface area contributed by atoms with Crippen molar-refractivity contribution in [1.29, 1.82) is 5.26 Å². The summed E-state index contributed by atoms with van der Waals surface area (Å²) in [6, 6.07) is 20.4. The molecule has 0 saturated carbocycles. The normalized spacial score (nSPS) is 15.2. The second kappa shape index (κ2) is 5.47. The van der Waals surface area contributed by atoms with Crippen molar-refractivity contribution >= 4 is 9.84 Å². The number of fused-ring (bicyclic) bond motifs is 3. The summed E-state index contributed by atoms with van der Waals surface area (Å²) in [7, 11) is -3.70. The summed E-state index contributed by atoms with van der Waals surface area (Å²) in [5, 5.41) is 18.8. The zero-order valence-electron chi connectivity index (χ0n) is 13.0. The standard InChI is InChI=1S/C20H13NO3S/c21-12-13-10-11-17-18(19(13)22)15-8-4-5-9-16(15)20(17)25(23,24)14-6-2-1-3-7-14/h1-11,20,22H. The van der Waals surface area contributed by atoms with Gasteiger partial charge in [0.15, 0.2) is 9.84 Å². The van der Waals surface area contributed by atoms with E-state index in [1.165, 1.54) is 6.07 Å². The van der Waals surface area contributed by atoms with Gasteiger partial charge in [0.05, 0.1) is 10.5 Å². The predicted octanol–water partition coefficient (Wildman–Crippen LogP) is 3.81. The lowest BCUT2D eigenvalue weighted by Gasteiger charge is -2.15. The van der Waals surface area contributed by atoms with Crippen LogP contribution in [0, 0.1) is 11.3 Å². The van der Waals surface area contributed by atoms with Gasteiger partial charge in [-0.1, -0.05) is 48.5 Å². The zero-order valence-corrected chi connectivity index (χ0v) is 13.9. The lowest BCUT2D eigenvalue weighted by atomic mass is 10.0. The molecule has 0 heterocycles. The molecule has 1 aliphatic rings. The molecule has 4 rings (SSSR count). The van der Waals surface area contributed by atoms with Gasteiger partial charge in [0.2, 0.25) is 0 Å². The van der Waals surface area contributed by atoms with Crippen LogP contribution in [0.1, 0.15) is 21.9 Å². The Balaban J connectivity index is 2.04. The van der Waals surface area contributed by atoms with E-state index < -0.39 is 15.1 Å². The van der Waals surface area contributed by atoms with E-state index in [9.17, 15) is 18.8 Å². The van der Waals surface area contributed by atoms with Crippen molar-refractivity contribution in [3.05, 3.63) is 83.4 Å². The smallest absolute Gasteiger partial charge is 0.189 e. The first kappa shape index (κ1) is 15.4. The molecule has 25 heavy (non-hydrogen) atoms. The Bertz CT molecular complexity index is 1130. The van der Waals surface area contributed by atoms with Crippen LogP contribution in [0.2, 0.25) is 0 Å². The van der Waals surface area contributed by atoms with Crippen LogP contribution < -0.4 is 0 Å². The fourth-order valence-electron chi connectivity index (χ4n) is 3.40. The third kappa shape index (κ3) is 2.15. The summed E-state index contributed by atoms with van der Waals surface area (Å²) in [6.45, 7) is 0. The number of aromatic hydroxyl groups is 1. The quantitative estimate of drug-likeness (QED) is 0.765. The monoisotopic (exact) mass is 347 g/mol. The Hall–Kier alpha value is -3.10. The van der Waals surface area contributed by atoms with Crippen LogP contribution in [0.15, 0.2) is 71.6 Å². The van der Waals surface area contributed by atoms with Crippen LogP contribution in [0.5, 0.6) is 5.75 Å². The number of hydrogen-bond donors (Lipinski definition) is 1. The van der Waals surface area contributed by atoms with E-state index in [4.69, 9.17) is 0 Å². The molecule has 1 atom stereocenters. The van der Waals surface area contributed by atoms with E-state index >= 15 is 0 Å². The zero-order chi connectivity index (χ0) is 17.6. The van der Waals surface area contributed by atoms with E-state index in [0.717, 1.165) is 0 Å². The Morgan fingerprint density at radius 2 is 1.56 bits per heavy atom. The molecule has 3 aromatic rings. The minimum Gasteiger partial charge on any atom is -0.506 e. The first-order valence-corrected chi connectivity index (χ1v) is 9.24. The highest BCUT2D eigenvalue weighted by atomic mass is 32.2. The Morgan fingerprint density at radius 1 is 0.880 bits per heavy atom. The number of nitriles is 1. The summed E-state index contributed by atoms with van der Waals surface area (Å²) < 4.78 is 26.6. The van der Waals surface area contributed by atoms with Crippen molar-refractivity contribution < 1.29 is 13.5 Å². The van der Waals surface area contributed by atoms with E-state index in [0.29, 0.717) is 22.3 Å². The van der Waals surface area contributed by atoms with Gasteiger partial charge in [0.25, 0.3) is 0 Å². The maximum Gasteiger partial charge on any atom is 0.189 e. The summed E-state index contributed by atoms with van der Waals surface area (Å²) >= 11 is 0. The summed E-state index contributed by atoms with van der Waals surface area (Å²) in [5.41, 5.74) is 2.33. The van der Waals surface area contributed by atoms with Crippen LogP contribution in [-0.2, 0) is 9.84 Å². The number of hydrogen-bond acceptors (Lipinski definition) is 4. The topological polar surface area (TPSA) is 78.2 Å². The lowest BCUT2D eigenvalue weighted by Crippen LogP contribution is -2.13. The molecule has 0 aliphatic heterocycles. The summed E-state index contributed by atoms with van der Waals surface area (Å²) in [5.74, 6) is -0.168. The first-order chi connectivity index (χ1) is 12.1. The Labute approximate surface area is 145 Å². The highest BCUT2D eigenvalue weighted by Crippen LogP contribution is 2.52. The van der Waals surface area contributed by atoms with Gasteiger partial charge in [-0.15, -0.1) is 0 Å². The number of phenols is 1. The van der Waals surface area contributed by atoms with Crippen LogP contribution in [0.25, 0.3) is 11.1 Å². The van der Waals surface area contributed by atoms with Crippen LogP contribution in [0.4, 0.5) is 0 Å². The third-order valence-corrected chi connectivity index (χ3v) is 6.57. The van der Waals surface area contributed by atoms with Crippen molar-refractivity contribution in [3.8, 4) is 22.9 Å². The number of sulfone groups is 1. The van der Waals surface area contributed by atoms with Crippen molar-refractivity contribution in [1.82, 2.24) is 0 Å². The van der Waals surface area contributed by atoms with Gasteiger partial charge in [0, 0.05) is 5.56 Å². The highest BCUT2D eigenvalue weighted by Gasteiger charge is 2.40. The molecule has 4 nitrogen and oxygen atoms in total. The van der Waals surface area contributed by atoms with Gasteiger partial charge in [-0.3, -0.25) is 0 Å². The number of benzene rings is 3. The molecule has 0 aromatic heterocycles. The maximum atomic E-state index is 13.3. The van der Waals surface area contributed by atoms with Crippen molar-refractivity contribution in [2.45, 2.75) is 10.1 Å². The van der Waals surface area contributed by atoms with Crippen LogP contribution in [-0.4, -0.2) is 13.5 Å². The second-order valence-corrected chi connectivity index (χ2v) is 7.90. The van der Waals surface area contributed by atoms with Crippen LogP contribution >= 0.6 is 0 Å². The molecule has 0 saturated heterocycles. The molecular weight excluding hydrogens is 334 g/mol. The molecule has 0 fully saturated rings. The molecule has 0 bridgehead atoms. The van der Waals surface area contributed by atoms with Crippen molar-refractivity contribution in [3.63, 3.8) is 0 Å². The fourth-order valence-corrected chi connectivity index (χ4v) is 5.28. The van der Waals surface area contributed by atoms with Gasteiger partial charge >= 0.3 is 0 Å². The molecule has 3 aromatic carbocycles. The van der Waals surface area contributed by atoms with Crippen molar-refractivity contribution in [2.75, 3.05) is 0 Å². The third-order valence-electron chi connectivity index (χ3n) is 4.51. The fraction of sp³-hybridized carbons (Fsp3) is 0.0500. The van der Waals surface area contributed by atoms with E-state index in [1.54, 1.807) is 60.7 Å². The SMILES string of the molecule is N#Cc1ccc2c(c1O)-c1ccccc1C2S(=O)(=O)c1ccccc1. The molecular formula is C20H13NO3S. The minimum atomic E-state index is -3.70. The highest BCUT2D eigenvalue weighted by molar-refractivity contribution is 7.92. The molecule has 0 radical (unpaired) electrons. The van der Waals surface area contributed by atoms with Gasteiger partial charge in [-0.2, -0.15) is 5.26 Å².